The quantitative estimate of drug-likeness (QED) is 0.281. The molecule has 172 valence electrons. The molecule has 2 aromatic carbocycles. The van der Waals surface area contributed by atoms with Gasteiger partial charge in [0.1, 0.15) is 17.6 Å². The van der Waals surface area contributed by atoms with E-state index in [1.807, 2.05) is 66.7 Å². The maximum absolute atomic E-state index is 6.35. The third-order valence-electron chi connectivity index (χ3n) is 5.64. The molecule has 1 saturated heterocycles. The molecular formula is C26H22ClN3O2S2. The first kappa shape index (κ1) is 22.8. The SMILES string of the molecule is COc1ccc(CN2C(=S)N[C@@H](c3ccccn3)[C@H]2c2ccc(Sc3ccc(Cl)cc3)o2)cc1. The van der Waals surface area contributed by atoms with E-state index >= 15 is 0 Å². The summed E-state index contributed by atoms with van der Waals surface area (Å²) in [5, 5.41) is 5.65. The number of benzene rings is 2. The molecule has 34 heavy (non-hydrogen) atoms. The molecule has 1 aliphatic rings. The molecule has 4 aromatic rings. The highest BCUT2D eigenvalue weighted by Crippen LogP contribution is 2.42. The summed E-state index contributed by atoms with van der Waals surface area (Å²) in [4.78, 5) is 7.81. The van der Waals surface area contributed by atoms with E-state index in [1.54, 1.807) is 25.1 Å². The van der Waals surface area contributed by atoms with Crippen LogP contribution in [0.25, 0.3) is 0 Å². The van der Waals surface area contributed by atoms with E-state index in [0.29, 0.717) is 16.7 Å². The number of furan rings is 1. The van der Waals surface area contributed by atoms with Crippen molar-refractivity contribution in [3.8, 4) is 5.75 Å². The van der Waals surface area contributed by atoms with Crippen molar-refractivity contribution in [2.24, 2.45) is 0 Å². The Labute approximate surface area is 213 Å². The highest BCUT2D eigenvalue weighted by atomic mass is 35.5. The van der Waals surface area contributed by atoms with Gasteiger partial charge in [0.2, 0.25) is 0 Å². The number of aromatic nitrogens is 1. The van der Waals surface area contributed by atoms with Crippen molar-refractivity contribution in [3.05, 3.63) is 107 Å². The zero-order chi connectivity index (χ0) is 23.5. The van der Waals surface area contributed by atoms with Crippen molar-refractivity contribution in [1.29, 1.82) is 0 Å². The molecule has 0 unspecified atom stereocenters. The fourth-order valence-electron chi connectivity index (χ4n) is 3.98. The molecule has 0 radical (unpaired) electrons. The maximum atomic E-state index is 6.35. The van der Waals surface area contributed by atoms with E-state index in [9.17, 15) is 0 Å². The predicted octanol–water partition coefficient (Wildman–Crippen LogP) is 6.66. The standard InChI is InChI=1S/C26H22ClN3O2S2/c1-31-19-9-5-17(6-10-19)16-30-25(24(29-26(30)33)21-4-2-3-15-28-21)22-13-14-23(32-22)34-20-11-7-18(27)8-12-20/h2-15,24-25H,16H2,1H3,(H,29,33)/t24-,25+/m0/s1. The van der Waals surface area contributed by atoms with Gasteiger partial charge in [-0.2, -0.15) is 0 Å². The van der Waals surface area contributed by atoms with Crippen molar-refractivity contribution in [2.45, 2.75) is 28.6 Å². The Morgan fingerprint density at radius 2 is 1.85 bits per heavy atom. The number of nitrogens with one attached hydrogen (secondary N) is 1. The van der Waals surface area contributed by atoms with Gasteiger partial charge in [-0.25, -0.2) is 0 Å². The summed E-state index contributed by atoms with van der Waals surface area (Å²) < 4.78 is 11.6. The summed E-state index contributed by atoms with van der Waals surface area (Å²) in [7, 11) is 1.67. The van der Waals surface area contributed by atoms with Crippen molar-refractivity contribution in [3.63, 3.8) is 0 Å². The number of nitrogens with zero attached hydrogens (tertiary/aromatic N) is 2. The minimum absolute atomic E-state index is 0.133. The average Bonchev–Trinajstić information content (AvgIpc) is 3.45. The molecule has 1 aliphatic heterocycles. The zero-order valence-corrected chi connectivity index (χ0v) is 20.7. The van der Waals surface area contributed by atoms with Gasteiger partial charge in [-0.1, -0.05) is 41.6 Å². The van der Waals surface area contributed by atoms with Gasteiger partial charge < -0.3 is 19.4 Å². The van der Waals surface area contributed by atoms with E-state index in [2.05, 4.69) is 27.3 Å². The predicted molar refractivity (Wildman–Crippen MR) is 138 cm³/mol. The van der Waals surface area contributed by atoms with Crippen LogP contribution in [0.4, 0.5) is 0 Å². The highest BCUT2D eigenvalue weighted by molar-refractivity contribution is 7.99. The molecule has 8 heteroatoms. The van der Waals surface area contributed by atoms with Crippen molar-refractivity contribution in [1.82, 2.24) is 15.2 Å². The van der Waals surface area contributed by atoms with Crippen LogP contribution >= 0.6 is 35.6 Å². The lowest BCUT2D eigenvalue weighted by Crippen LogP contribution is -2.29. The summed E-state index contributed by atoms with van der Waals surface area (Å²) in [6.07, 6.45) is 1.80. The Morgan fingerprint density at radius 1 is 1.06 bits per heavy atom. The van der Waals surface area contributed by atoms with Gasteiger partial charge in [0.05, 0.1) is 18.8 Å². The Hall–Kier alpha value is -3.00. The van der Waals surface area contributed by atoms with Gasteiger partial charge in [-0.15, -0.1) is 0 Å². The van der Waals surface area contributed by atoms with Crippen LogP contribution in [0.1, 0.15) is 29.1 Å². The molecule has 5 nitrogen and oxygen atoms in total. The van der Waals surface area contributed by atoms with E-state index in [0.717, 1.165) is 32.8 Å². The number of rotatable bonds is 7. The molecule has 0 aliphatic carbocycles. The van der Waals surface area contributed by atoms with Gasteiger partial charge in [0, 0.05) is 22.7 Å². The number of methoxy groups -OCH3 is 1. The summed E-state index contributed by atoms with van der Waals surface area (Å²) in [6, 6.07) is 25.4. The Bertz CT molecular complexity index is 1260. The third kappa shape index (κ3) is 4.92. The van der Waals surface area contributed by atoms with Crippen LogP contribution in [-0.2, 0) is 6.54 Å². The highest BCUT2D eigenvalue weighted by Gasteiger charge is 2.41. The minimum atomic E-state index is -0.149. The van der Waals surface area contributed by atoms with Gasteiger partial charge >= 0.3 is 0 Å². The topological polar surface area (TPSA) is 50.5 Å². The fraction of sp³-hybridized carbons (Fsp3) is 0.154. The van der Waals surface area contributed by atoms with Crippen LogP contribution in [0, 0.1) is 0 Å². The maximum Gasteiger partial charge on any atom is 0.170 e. The van der Waals surface area contributed by atoms with E-state index < -0.39 is 0 Å². The summed E-state index contributed by atoms with van der Waals surface area (Å²) >= 11 is 13.3. The lowest BCUT2D eigenvalue weighted by atomic mass is 10.0. The molecule has 5 rings (SSSR count). The van der Waals surface area contributed by atoms with Crippen LogP contribution in [-0.4, -0.2) is 22.1 Å². The van der Waals surface area contributed by atoms with Gasteiger partial charge in [0.15, 0.2) is 10.2 Å². The summed E-state index contributed by atoms with van der Waals surface area (Å²) in [6.45, 7) is 0.629. The molecule has 1 N–H and O–H groups in total. The van der Waals surface area contributed by atoms with E-state index in [4.69, 9.17) is 33.0 Å². The Balaban J connectivity index is 1.45. The summed E-state index contributed by atoms with van der Waals surface area (Å²) in [5.41, 5.74) is 2.04. The Kier molecular flexibility index (Phi) is 6.76. The van der Waals surface area contributed by atoms with Crippen molar-refractivity contribution >= 4 is 40.7 Å². The number of thiocarbonyl (C=S) groups is 1. The molecular weight excluding hydrogens is 486 g/mol. The summed E-state index contributed by atoms with van der Waals surface area (Å²) in [5.74, 6) is 1.65. The van der Waals surface area contributed by atoms with Gasteiger partial charge in [-0.3, -0.25) is 4.98 Å². The first-order chi connectivity index (χ1) is 16.6. The second-order valence-electron chi connectivity index (χ2n) is 7.82. The number of halogens is 1. The lowest BCUT2D eigenvalue weighted by molar-refractivity contribution is 0.254. The first-order valence-corrected chi connectivity index (χ1v) is 12.3. The molecule has 1 fully saturated rings. The average molecular weight is 508 g/mol. The fourth-order valence-corrected chi connectivity index (χ4v) is 5.19. The lowest BCUT2D eigenvalue weighted by Gasteiger charge is -2.26. The van der Waals surface area contributed by atoms with Crippen molar-refractivity contribution in [2.75, 3.05) is 7.11 Å². The van der Waals surface area contributed by atoms with Gasteiger partial charge in [-0.05, 0) is 78.4 Å². The molecule has 0 saturated carbocycles. The number of ether oxygens (including phenoxy) is 1. The second kappa shape index (κ2) is 10.1. The molecule has 0 spiro atoms. The number of hydrogen-bond donors (Lipinski definition) is 1. The smallest absolute Gasteiger partial charge is 0.170 e. The van der Waals surface area contributed by atoms with Crippen molar-refractivity contribution < 1.29 is 9.15 Å². The molecule has 0 bridgehead atoms. The van der Waals surface area contributed by atoms with Crippen LogP contribution in [0.3, 0.4) is 0 Å². The van der Waals surface area contributed by atoms with Crippen LogP contribution < -0.4 is 10.1 Å². The largest absolute Gasteiger partial charge is 0.497 e. The van der Waals surface area contributed by atoms with E-state index in [-0.39, 0.29) is 12.1 Å². The minimum Gasteiger partial charge on any atom is -0.497 e. The van der Waals surface area contributed by atoms with E-state index in [1.165, 1.54) is 0 Å². The zero-order valence-electron chi connectivity index (χ0n) is 18.4. The van der Waals surface area contributed by atoms with Crippen LogP contribution in [0.2, 0.25) is 5.02 Å². The van der Waals surface area contributed by atoms with Gasteiger partial charge in [0.25, 0.3) is 0 Å². The molecule has 2 aromatic heterocycles. The van der Waals surface area contributed by atoms with Crippen LogP contribution in [0.5, 0.6) is 5.75 Å². The number of pyridine rings is 1. The molecule has 3 heterocycles. The molecule has 2 atom stereocenters. The Morgan fingerprint density at radius 3 is 2.56 bits per heavy atom. The molecule has 0 amide bonds. The monoisotopic (exact) mass is 507 g/mol. The van der Waals surface area contributed by atoms with Crippen LogP contribution in [0.15, 0.2) is 99.5 Å². The number of hydrogen-bond acceptors (Lipinski definition) is 5. The normalized spacial score (nSPS) is 17.6. The second-order valence-corrected chi connectivity index (χ2v) is 9.72. The third-order valence-corrected chi connectivity index (χ3v) is 7.17. The first-order valence-electron chi connectivity index (χ1n) is 10.7.